The highest BCUT2D eigenvalue weighted by Gasteiger charge is 2.20. The molecular weight excluding hydrogens is 226 g/mol. The first kappa shape index (κ1) is 12.0. The van der Waals surface area contributed by atoms with E-state index >= 15 is 0 Å². The first-order valence-electron chi connectivity index (χ1n) is 5.64. The molecule has 1 aliphatic carbocycles. The molecule has 0 radical (unpaired) electrons. The minimum atomic E-state index is -0.836. The lowest BCUT2D eigenvalue weighted by atomic mass is 10.2. The molecule has 3 nitrogen and oxygen atoms in total. The van der Waals surface area contributed by atoms with Crippen molar-refractivity contribution in [3.05, 3.63) is 35.4 Å². The third-order valence-corrected chi connectivity index (χ3v) is 2.61. The minimum absolute atomic E-state index is 0.364. The Bertz CT molecular complexity index is 399. The van der Waals surface area contributed by atoms with Gasteiger partial charge >= 0.3 is 0 Å². The van der Waals surface area contributed by atoms with Crippen LogP contribution in [0.25, 0.3) is 0 Å². The van der Waals surface area contributed by atoms with Gasteiger partial charge in [-0.1, -0.05) is 6.07 Å². The van der Waals surface area contributed by atoms with Crippen molar-refractivity contribution in [1.29, 1.82) is 0 Å². The highest BCUT2D eigenvalue weighted by atomic mass is 19.1. The largest absolute Gasteiger partial charge is 0.351 e. The first-order valence-corrected chi connectivity index (χ1v) is 5.64. The van der Waals surface area contributed by atoms with E-state index in [1.54, 1.807) is 0 Å². The summed E-state index contributed by atoms with van der Waals surface area (Å²) < 4.78 is 26.5. The van der Waals surface area contributed by atoms with E-state index in [9.17, 15) is 13.6 Å². The molecule has 5 heteroatoms. The average Bonchev–Trinajstić information content (AvgIpc) is 3.08. The predicted octanol–water partition coefficient (Wildman–Crippen LogP) is 1.45. The van der Waals surface area contributed by atoms with Crippen LogP contribution in [-0.4, -0.2) is 25.0 Å². The summed E-state index contributed by atoms with van der Waals surface area (Å²) in [6.07, 6.45) is 2.33. The second-order valence-electron chi connectivity index (χ2n) is 4.08. The second kappa shape index (κ2) is 5.23. The number of nitrogens with one attached hydrogen (secondary N) is 2. The van der Waals surface area contributed by atoms with Crippen LogP contribution in [0, 0.1) is 11.6 Å². The Morgan fingerprint density at radius 3 is 2.47 bits per heavy atom. The van der Waals surface area contributed by atoms with Crippen molar-refractivity contribution in [3.8, 4) is 0 Å². The summed E-state index contributed by atoms with van der Waals surface area (Å²) in [6, 6.07) is 3.92. The van der Waals surface area contributed by atoms with Crippen molar-refractivity contribution in [1.82, 2.24) is 10.6 Å². The zero-order chi connectivity index (χ0) is 12.3. The van der Waals surface area contributed by atoms with E-state index in [2.05, 4.69) is 10.6 Å². The van der Waals surface area contributed by atoms with Crippen LogP contribution in [0.15, 0.2) is 18.2 Å². The van der Waals surface area contributed by atoms with E-state index in [-0.39, 0.29) is 0 Å². The quantitative estimate of drug-likeness (QED) is 0.765. The molecule has 2 rings (SSSR count). The van der Waals surface area contributed by atoms with Gasteiger partial charge in [0, 0.05) is 19.1 Å². The Morgan fingerprint density at radius 1 is 1.24 bits per heavy atom. The SMILES string of the molecule is O=C(NCCNC1CC1)c1c(F)cccc1F. The maximum Gasteiger partial charge on any atom is 0.257 e. The molecule has 1 fully saturated rings. The molecule has 0 unspecified atom stereocenters. The van der Waals surface area contributed by atoms with Crippen molar-refractivity contribution in [3.63, 3.8) is 0 Å². The highest BCUT2D eigenvalue weighted by Crippen LogP contribution is 2.17. The van der Waals surface area contributed by atoms with Gasteiger partial charge in [0.1, 0.15) is 17.2 Å². The Kier molecular flexibility index (Phi) is 3.68. The summed E-state index contributed by atoms with van der Waals surface area (Å²) >= 11 is 0. The molecule has 1 aromatic rings. The standard InChI is InChI=1S/C12H14F2N2O/c13-9-2-1-3-10(14)11(9)12(17)16-7-6-15-8-4-5-8/h1-3,8,15H,4-7H2,(H,16,17). The molecule has 0 aliphatic heterocycles. The van der Waals surface area contributed by atoms with E-state index in [0.29, 0.717) is 19.1 Å². The summed E-state index contributed by atoms with van der Waals surface area (Å²) in [5.74, 6) is -2.38. The zero-order valence-electron chi connectivity index (χ0n) is 9.30. The maximum atomic E-state index is 13.2. The zero-order valence-corrected chi connectivity index (χ0v) is 9.30. The third-order valence-electron chi connectivity index (χ3n) is 2.61. The second-order valence-corrected chi connectivity index (χ2v) is 4.08. The molecule has 0 heterocycles. The minimum Gasteiger partial charge on any atom is -0.351 e. The molecule has 0 aromatic heterocycles. The van der Waals surface area contributed by atoms with Crippen molar-refractivity contribution in [2.45, 2.75) is 18.9 Å². The number of hydrogen-bond acceptors (Lipinski definition) is 2. The lowest BCUT2D eigenvalue weighted by Gasteiger charge is -2.07. The van der Waals surface area contributed by atoms with Gasteiger partial charge in [0.2, 0.25) is 0 Å². The molecule has 2 N–H and O–H groups in total. The van der Waals surface area contributed by atoms with E-state index in [1.807, 2.05) is 0 Å². The lowest BCUT2D eigenvalue weighted by Crippen LogP contribution is -2.33. The molecule has 0 atom stereocenters. The Hall–Kier alpha value is -1.49. The number of amides is 1. The first-order chi connectivity index (χ1) is 8.18. The van der Waals surface area contributed by atoms with Gasteiger partial charge in [0.15, 0.2) is 0 Å². The van der Waals surface area contributed by atoms with Crippen LogP contribution in [0.3, 0.4) is 0 Å². The van der Waals surface area contributed by atoms with Crippen molar-refractivity contribution in [2.24, 2.45) is 0 Å². The van der Waals surface area contributed by atoms with Crippen LogP contribution in [-0.2, 0) is 0 Å². The summed E-state index contributed by atoms with van der Waals surface area (Å²) in [5, 5.41) is 5.67. The fourth-order valence-corrected chi connectivity index (χ4v) is 1.54. The van der Waals surface area contributed by atoms with Crippen LogP contribution >= 0.6 is 0 Å². The van der Waals surface area contributed by atoms with Crippen LogP contribution in [0.2, 0.25) is 0 Å². The number of hydrogen-bond donors (Lipinski definition) is 2. The Balaban J connectivity index is 1.85. The van der Waals surface area contributed by atoms with Gasteiger partial charge in [-0.15, -0.1) is 0 Å². The van der Waals surface area contributed by atoms with Gasteiger partial charge in [-0.3, -0.25) is 4.79 Å². The molecule has 1 saturated carbocycles. The molecule has 1 amide bonds. The number of carbonyl (C=O) groups excluding carboxylic acids is 1. The predicted molar refractivity (Wildman–Crippen MR) is 59.7 cm³/mol. The molecule has 1 aliphatic rings. The van der Waals surface area contributed by atoms with E-state index < -0.39 is 23.1 Å². The van der Waals surface area contributed by atoms with Gasteiger partial charge in [-0.25, -0.2) is 8.78 Å². The van der Waals surface area contributed by atoms with Crippen molar-refractivity contribution >= 4 is 5.91 Å². The smallest absolute Gasteiger partial charge is 0.257 e. The maximum absolute atomic E-state index is 13.2. The normalized spacial score (nSPS) is 14.7. The van der Waals surface area contributed by atoms with Crippen molar-refractivity contribution in [2.75, 3.05) is 13.1 Å². The molecule has 0 saturated heterocycles. The molecule has 0 spiro atoms. The summed E-state index contributed by atoms with van der Waals surface area (Å²) in [5.41, 5.74) is -0.515. The number of halogens is 2. The number of carbonyl (C=O) groups is 1. The van der Waals surface area contributed by atoms with Crippen LogP contribution in [0.1, 0.15) is 23.2 Å². The number of benzene rings is 1. The van der Waals surface area contributed by atoms with Crippen LogP contribution in [0.4, 0.5) is 8.78 Å². The summed E-state index contributed by atoms with van der Waals surface area (Å²) in [7, 11) is 0. The van der Waals surface area contributed by atoms with Gasteiger partial charge in [0.05, 0.1) is 0 Å². The van der Waals surface area contributed by atoms with E-state index in [4.69, 9.17) is 0 Å². The molecule has 1 aromatic carbocycles. The molecule has 92 valence electrons. The van der Waals surface area contributed by atoms with Gasteiger partial charge in [-0.05, 0) is 25.0 Å². The molecule has 17 heavy (non-hydrogen) atoms. The number of rotatable bonds is 5. The molecule has 0 bridgehead atoms. The van der Waals surface area contributed by atoms with Gasteiger partial charge in [-0.2, -0.15) is 0 Å². The van der Waals surface area contributed by atoms with Gasteiger partial charge < -0.3 is 10.6 Å². The monoisotopic (exact) mass is 240 g/mol. The Labute approximate surface area is 98.2 Å². The fraction of sp³-hybridized carbons (Fsp3) is 0.417. The summed E-state index contributed by atoms with van der Waals surface area (Å²) in [6.45, 7) is 0.982. The Morgan fingerprint density at radius 2 is 1.88 bits per heavy atom. The fourth-order valence-electron chi connectivity index (χ4n) is 1.54. The van der Waals surface area contributed by atoms with E-state index in [0.717, 1.165) is 25.0 Å². The summed E-state index contributed by atoms with van der Waals surface area (Å²) in [4.78, 5) is 11.5. The van der Waals surface area contributed by atoms with Gasteiger partial charge in [0.25, 0.3) is 5.91 Å². The van der Waals surface area contributed by atoms with Crippen LogP contribution < -0.4 is 10.6 Å². The van der Waals surface area contributed by atoms with Crippen LogP contribution in [0.5, 0.6) is 0 Å². The van der Waals surface area contributed by atoms with E-state index in [1.165, 1.54) is 6.07 Å². The molecular formula is C12H14F2N2O. The topological polar surface area (TPSA) is 41.1 Å². The highest BCUT2D eigenvalue weighted by molar-refractivity contribution is 5.94. The van der Waals surface area contributed by atoms with Crippen molar-refractivity contribution < 1.29 is 13.6 Å². The lowest BCUT2D eigenvalue weighted by molar-refractivity contribution is 0.0945. The third kappa shape index (κ3) is 3.23. The average molecular weight is 240 g/mol.